The number of nitrogens with one attached hydrogen (secondary N) is 1. The van der Waals surface area contributed by atoms with Crippen LogP contribution in [0.25, 0.3) is 0 Å². The van der Waals surface area contributed by atoms with Crippen molar-refractivity contribution in [3.63, 3.8) is 0 Å². The SMILES string of the molecule is Cc1nc(C(C)C)[nH]c(=O)c1C(=O)O. The Bertz CT molecular complexity index is 421. The molecule has 76 valence electrons. The van der Waals surface area contributed by atoms with Crippen molar-refractivity contribution in [3.8, 4) is 0 Å². The highest BCUT2D eigenvalue weighted by atomic mass is 16.4. The summed E-state index contributed by atoms with van der Waals surface area (Å²) in [6, 6.07) is 0. The maximum absolute atomic E-state index is 11.3. The molecular formula is C9H12N2O3. The summed E-state index contributed by atoms with van der Waals surface area (Å²) in [6.45, 7) is 5.26. The Morgan fingerprint density at radius 3 is 2.43 bits per heavy atom. The maximum atomic E-state index is 11.3. The number of carboxylic acid groups (broad SMARTS) is 1. The number of carbonyl (C=O) groups is 1. The van der Waals surface area contributed by atoms with Gasteiger partial charge < -0.3 is 10.1 Å². The fourth-order valence-corrected chi connectivity index (χ4v) is 1.13. The van der Waals surface area contributed by atoms with Gasteiger partial charge in [0, 0.05) is 5.92 Å². The van der Waals surface area contributed by atoms with Gasteiger partial charge in [0.25, 0.3) is 5.56 Å². The van der Waals surface area contributed by atoms with Crippen molar-refractivity contribution in [1.82, 2.24) is 9.97 Å². The third-order valence-electron chi connectivity index (χ3n) is 1.88. The van der Waals surface area contributed by atoms with Gasteiger partial charge in [-0.15, -0.1) is 0 Å². The smallest absolute Gasteiger partial charge is 0.343 e. The Hall–Kier alpha value is -1.65. The molecule has 5 heteroatoms. The van der Waals surface area contributed by atoms with Crippen molar-refractivity contribution in [2.75, 3.05) is 0 Å². The summed E-state index contributed by atoms with van der Waals surface area (Å²) in [5.74, 6) is -0.659. The van der Waals surface area contributed by atoms with Crippen LogP contribution in [0, 0.1) is 6.92 Å². The zero-order valence-corrected chi connectivity index (χ0v) is 8.29. The first kappa shape index (κ1) is 10.4. The minimum Gasteiger partial charge on any atom is -0.477 e. The Balaban J connectivity index is 3.40. The van der Waals surface area contributed by atoms with E-state index in [1.165, 1.54) is 6.92 Å². The summed E-state index contributed by atoms with van der Waals surface area (Å²) < 4.78 is 0. The monoisotopic (exact) mass is 196 g/mol. The van der Waals surface area contributed by atoms with Crippen LogP contribution < -0.4 is 5.56 Å². The molecule has 0 aliphatic heterocycles. The van der Waals surface area contributed by atoms with Crippen molar-refractivity contribution in [1.29, 1.82) is 0 Å². The molecule has 1 aromatic heterocycles. The first-order chi connectivity index (χ1) is 6.43. The predicted molar refractivity (Wildman–Crippen MR) is 50.6 cm³/mol. The summed E-state index contributed by atoms with van der Waals surface area (Å²) in [5.41, 5.74) is -0.618. The van der Waals surface area contributed by atoms with Gasteiger partial charge in [0.05, 0.1) is 5.69 Å². The van der Waals surface area contributed by atoms with Gasteiger partial charge in [-0.1, -0.05) is 13.8 Å². The molecule has 0 atom stereocenters. The molecule has 0 aliphatic carbocycles. The quantitative estimate of drug-likeness (QED) is 0.736. The van der Waals surface area contributed by atoms with Crippen LogP contribution in [0.1, 0.15) is 41.6 Å². The lowest BCUT2D eigenvalue weighted by Gasteiger charge is -2.06. The van der Waals surface area contributed by atoms with E-state index in [9.17, 15) is 9.59 Å². The van der Waals surface area contributed by atoms with Crippen LogP contribution in [0.3, 0.4) is 0 Å². The molecule has 1 heterocycles. The number of carboxylic acids is 1. The first-order valence-corrected chi connectivity index (χ1v) is 4.27. The normalized spacial score (nSPS) is 10.6. The summed E-state index contributed by atoms with van der Waals surface area (Å²) in [7, 11) is 0. The topological polar surface area (TPSA) is 83.0 Å². The Kier molecular flexibility index (Phi) is 2.69. The molecule has 0 fully saturated rings. The average molecular weight is 196 g/mol. The van der Waals surface area contributed by atoms with Crippen molar-refractivity contribution in [3.05, 3.63) is 27.4 Å². The van der Waals surface area contributed by atoms with E-state index in [0.717, 1.165) is 0 Å². The van der Waals surface area contributed by atoms with Crippen molar-refractivity contribution in [2.45, 2.75) is 26.7 Å². The van der Waals surface area contributed by atoms with Gasteiger partial charge in [-0.2, -0.15) is 0 Å². The molecule has 0 unspecified atom stereocenters. The molecular weight excluding hydrogens is 184 g/mol. The largest absolute Gasteiger partial charge is 0.477 e. The summed E-state index contributed by atoms with van der Waals surface area (Å²) in [6.07, 6.45) is 0. The van der Waals surface area contributed by atoms with E-state index in [2.05, 4.69) is 9.97 Å². The van der Waals surface area contributed by atoms with Gasteiger partial charge in [-0.3, -0.25) is 4.79 Å². The zero-order valence-electron chi connectivity index (χ0n) is 8.29. The van der Waals surface area contributed by atoms with Crippen LogP contribution in [0.4, 0.5) is 0 Å². The van der Waals surface area contributed by atoms with Crippen molar-refractivity contribution >= 4 is 5.97 Å². The number of aryl methyl sites for hydroxylation is 1. The molecule has 0 spiro atoms. The Morgan fingerprint density at radius 1 is 1.50 bits per heavy atom. The number of H-pyrrole nitrogens is 1. The molecule has 0 bridgehead atoms. The molecule has 0 amide bonds. The second-order valence-electron chi connectivity index (χ2n) is 3.37. The Labute approximate surface area is 80.8 Å². The molecule has 5 nitrogen and oxygen atoms in total. The highest BCUT2D eigenvalue weighted by Crippen LogP contribution is 2.08. The number of hydrogen-bond donors (Lipinski definition) is 2. The fraction of sp³-hybridized carbons (Fsp3) is 0.444. The molecule has 1 aromatic rings. The molecule has 0 radical (unpaired) electrons. The van der Waals surface area contributed by atoms with Crippen LogP contribution in [-0.2, 0) is 0 Å². The standard InChI is InChI=1S/C9H12N2O3/c1-4(2)7-10-5(3)6(9(13)14)8(12)11-7/h4H,1-3H3,(H,13,14)(H,10,11,12). The lowest BCUT2D eigenvalue weighted by atomic mass is 10.2. The summed E-state index contributed by atoms with van der Waals surface area (Å²) in [5, 5.41) is 8.72. The van der Waals surface area contributed by atoms with Crippen LogP contribution in [0.5, 0.6) is 0 Å². The number of nitrogens with zero attached hydrogens (tertiary/aromatic N) is 1. The minimum absolute atomic E-state index is 0.0734. The second-order valence-corrected chi connectivity index (χ2v) is 3.37. The molecule has 0 saturated carbocycles. The first-order valence-electron chi connectivity index (χ1n) is 4.27. The number of aromatic carboxylic acids is 1. The van der Waals surface area contributed by atoms with E-state index in [4.69, 9.17) is 5.11 Å². The summed E-state index contributed by atoms with van der Waals surface area (Å²) in [4.78, 5) is 28.5. The fourth-order valence-electron chi connectivity index (χ4n) is 1.13. The summed E-state index contributed by atoms with van der Waals surface area (Å²) >= 11 is 0. The molecule has 0 aromatic carbocycles. The third-order valence-corrected chi connectivity index (χ3v) is 1.88. The lowest BCUT2D eigenvalue weighted by molar-refractivity contribution is 0.0693. The Morgan fingerprint density at radius 2 is 2.07 bits per heavy atom. The van der Waals surface area contributed by atoms with E-state index in [0.29, 0.717) is 5.82 Å². The molecule has 0 saturated heterocycles. The second kappa shape index (κ2) is 3.61. The zero-order chi connectivity index (χ0) is 10.9. The van der Waals surface area contributed by atoms with Crippen LogP contribution >= 0.6 is 0 Å². The van der Waals surface area contributed by atoms with Gasteiger partial charge in [0.1, 0.15) is 11.4 Å². The third kappa shape index (κ3) is 1.81. The van der Waals surface area contributed by atoms with Gasteiger partial charge in [-0.05, 0) is 6.92 Å². The number of rotatable bonds is 2. The van der Waals surface area contributed by atoms with Crippen LogP contribution in [0.2, 0.25) is 0 Å². The van der Waals surface area contributed by atoms with Crippen molar-refractivity contribution in [2.24, 2.45) is 0 Å². The number of hydrogen-bond acceptors (Lipinski definition) is 3. The highest BCUT2D eigenvalue weighted by molar-refractivity contribution is 5.88. The molecule has 2 N–H and O–H groups in total. The van der Waals surface area contributed by atoms with Gasteiger partial charge in [0.15, 0.2) is 0 Å². The van der Waals surface area contributed by atoms with Gasteiger partial charge in [-0.25, -0.2) is 9.78 Å². The molecule has 14 heavy (non-hydrogen) atoms. The molecule has 1 rings (SSSR count). The number of aromatic amines is 1. The van der Waals surface area contributed by atoms with E-state index in [-0.39, 0.29) is 17.2 Å². The average Bonchev–Trinajstić information content (AvgIpc) is 2.01. The van der Waals surface area contributed by atoms with Gasteiger partial charge >= 0.3 is 5.97 Å². The maximum Gasteiger partial charge on any atom is 0.343 e. The van der Waals surface area contributed by atoms with E-state index in [1.54, 1.807) is 0 Å². The van der Waals surface area contributed by atoms with Crippen LogP contribution in [-0.4, -0.2) is 21.0 Å². The highest BCUT2D eigenvalue weighted by Gasteiger charge is 2.15. The number of aromatic nitrogens is 2. The molecule has 0 aliphatic rings. The van der Waals surface area contributed by atoms with E-state index < -0.39 is 11.5 Å². The van der Waals surface area contributed by atoms with Crippen LogP contribution in [0.15, 0.2) is 4.79 Å². The van der Waals surface area contributed by atoms with Gasteiger partial charge in [0.2, 0.25) is 0 Å². The predicted octanol–water partition coefficient (Wildman–Crippen LogP) is 0.900. The van der Waals surface area contributed by atoms with E-state index in [1.807, 2.05) is 13.8 Å². The van der Waals surface area contributed by atoms with Crippen molar-refractivity contribution < 1.29 is 9.90 Å². The lowest BCUT2D eigenvalue weighted by Crippen LogP contribution is -2.23. The minimum atomic E-state index is -1.24. The van der Waals surface area contributed by atoms with E-state index >= 15 is 0 Å².